The van der Waals surface area contributed by atoms with Crippen LogP contribution in [0.15, 0.2) is 41.1 Å². The second-order valence-electron chi connectivity index (χ2n) is 6.15. The summed E-state index contributed by atoms with van der Waals surface area (Å²) in [5.74, 6) is -0.201. The van der Waals surface area contributed by atoms with Gasteiger partial charge in [0.2, 0.25) is 0 Å². The van der Waals surface area contributed by atoms with Gasteiger partial charge >= 0.3 is 6.18 Å². The van der Waals surface area contributed by atoms with E-state index in [-0.39, 0.29) is 11.7 Å². The van der Waals surface area contributed by atoms with Crippen molar-refractivity contribution in [2.75, 3.05) is 13.1 Å². The van der Waals surface area contributed by atoms with Gasteiger partial charge in [0, 0.05) is 24.6 Å². The van der Waals surface area contributed by atoms with Crippen LogP contribution in [0.2, 0.25) is 0 Å². The van der Waals surface area contributed by atoms with Crippen LogP contribution in [0.4, 0.5) is 13.2 Å². The van der Waals surface area contributed by atoms with Crippen LogP contribution < -0.4 is 0 Å². The zero-order valence-corrected chi connectivity index (χ0v) is 13.9. The first kappa shape index (κ1) is 17.2. The number of carbonyl (C=O) groups is 1. The monoisotopic (exact) mass is 353 g/mol. The first-order valence-corrected chi connectivity index (χ1v) is 8.82. The molecule has 128 valence electrons. The Morgan fingerprint density at radius 3 is 2.58 bits per heavy atom. The molecular formula is C18H18F3NOS. The molecule has 2 aromatic rings. The Labute approximate surface area is 142 Å². The lowest BCUT2D eigenvalue weighted by atomic mass is 9.89. The van der Waals surface area contributed by atoms with E-state index in [1.54, 1.807) is 11.3 Å². The Morgan fingerprint density at radius 1 is 1.21 bits per heavy atom. The van der Waals surface area contributed by atoms with E-state index < -0.39 is 11.7 Å². The van der Waals surface area contributed by atoms with Crippen LogP contribution in [0.5, 0.6) is 0 Å². The fourth-order valence-corrected chi connectivity index (χ4v) is 3.77. The van der Waals surface area contributed by atoms with Crippen LogP contribution in [0.3, 0.4) is 0 Å². The molecule has 0 bridgehead atoms. The van der Waals surface area contributed by atoms with Crippen LogP contribution in [0.1, 0.15) is 34.3 Å². The minimum Gasteiger partial charge on any atom is -0.298 e. The molecule has 3 rings (SSSR count). The van der Waals surface area contributed by atoms with Crippen molar-refractivity contribution in [2.45, 2.75) is 25.6 Å². The lowest BCUT2D eigenvalue weighted by Crippen LogP contribution is -2.38. The summed E-state index contributed by atoms with van der Waals surface area (Å²) in [7, 11) is 0. The molecule has 1 aliphatic rings. The maximum absolute atomic E-state index is 12.6. The topological polar surface area (TPSA) is 20.3 Å². The molecule has 0 aliphatic carbocycles. The number of ketones is 1. The molecule has 1 atom stereocenters. The minimum atomic E-state index is -4.37. The van der Waals surface area contributed by atoms with Gasteiger partial charge in [0.05, 0.1) is 5.56 Å². The summed E-state index contributed by atoms with van der Waals surface area (Å²) in [6.07, 6.45) is -2.65. The number of thiophene rings is 1. The Bertz CT molecular complexity index is 679. The lowest BCUT2D eigenvalue weighted by Gasteiger charge is -2.31. The molecule has 2 heterocycles. The Hall–Kier alpha value is -1.66. The summed E-state index contributed by atoms with van der Waals surface area (Å²) in [4.78, 5) is 14.9. The van der Waals surface area contributed by atoms with E-state index in [2.05, 4.69) is 16.3 Å². The predicted octanol–water partition coefficient (Wildman–Crippen LogP) is 4.86. The highest BCUT2D eigenvalue weighted by atomic mass is 32.1. The van der Waals surface area contributed by atoms with Gasteiger partial charge in [0.25, 0.3) is 0 Å². The molecule has 0 N–H and O–H groups in total. The summed E-state index contributed by atoms with van der Waals surface area (Å²) in [5.41, 5.74) is 0.884. The van der Waals surface area contributed by atoms with E-state index in [0.29, 0.717) is 12.1 Å². The number of halogens is 3. The standard InChI is InChI=1S/C18H18F3NOS/c19-18(20,21)16-5-3-14(4-6-16)17(23)15-2-1-8-22(11-15)10-13-7-9-24-12-13/h3-7,9,12,15H,1-2,8,10-11H2/t15-/m0/s1. The Morgan fingerprint density at radius 2 is 1.96 bits per heavy atom. The van der Waals surface area contributed by atoms with Gasteiger partial charge < -0.3 is 0 Å². The van der Waals surface area contributed by atoms with Crippen LogP contribution in [-0.4, -0.2) is 23.8 Å². The third-order valence-corrected chi connectivity index (χ3v) is 5.09. The van der Waals surface area contributed by atoms with Crippen molar-refractivity contribution in [2.24, 2.45) is 5.92 Å². The molecule has 6 heteroatoms. The summed E-state index contributed by atoms with van der Waals surface area (Å²) in [6.45, 7) is 2.43. The van der Waals surface area contributed by atoms with Crippen LogP contribution in [0.25, 0.3) is 0 Å². The molecule has 1 aromatic carbocycles. The van der Waals surface area contributed by atoms with Crippen molar-refractivity contribution >= 4 is 17.1 Å². The van der Waals surface area contributed by atoms with Crippen LogP contribution in [-0.2, 0) is 12.7 Å². The number of nitrogens with zero attached hydrogens (tertiary/aromatic N) is 1. The van der Waals surface area contributed by atoms with Gasteiger partial charge in [-0.1, -0.05) is 12.1 Å². The van der Waals surface area contributed by atoms with E-state index in [1.165, 1.54) is 17.7 Å². The fraction of sp³-hybridized carbons (Fsp3) is 0.389. The maximum atomic E-state index is 12.6. The number of alkyl halides is 3. The van der Waals surface area contributed by atoms with Crippen LogP contribution >= 0.6 is 11.3 Å². The SMILES string of the molecule is O=C(c1ccc(C(F)(F)F)cc1)[C@H]1CCCN(Cc2ccsc2)C1. The fourth-order valence-electron chi connectivity index (χ4n) is 3.11. The van der Waals surface area contributed by atoms with Crippen molar-refractivity contribution in [1.82, 2.24) is 4.90 Å². The van der Waals surface area contributed by atoms with E-state index in [4.69, 9.17) is 0 Å². The minimum absolute atomic E-state index is 0.0567. The Balaban J connectivity index is 1.65. The van der Waals surface area contributed by atoms with Crippen molar-refractivity contribution in [3.05, 3.63) is 57.8 Å². The molecule has 0 radical (unpaired) electrons. The molecule has 0 unspecified atom stereocenters. The Kier molecular flexibility index (Phi) is 5.06. The van der Waals surface area contributed by atoms with Gasteiger partial charge in [0.15, 0.2) is 5.78 Å². The zero-order valence-electron chi connectivity index (χ0n) is 13.1. The maximum Gasteiger partial charge on any atom is 0.416 e. The summed E-state index contributed by atoms with van der Waals surface area (Å²) >= 11 is 1.65. The summed E-state index contributed by atoms with van der Waals surface area (Å²) in [6, 6.07) is 6.64. The smallest absolute Gasteiger partial charge is 0.298 e. The molecule has 1 fully saturated rings. The summed E-state index contributed by atoms with van der Waals surface area (Å²) < 4.78 is 37.8. The number of hydrogen-bond donors (Lipinski definition) is 0. The van der Waals surface area contributed by atoms with E-state index in [0.717, 1.165) is 38.1 Å². The zero-order chi connectivity index (χ0) is 17.2. The number of hydrogen-bond acceptors (Lipinski definition) is 3. The van der Waals surface area contributed by atoms with Gasteiger partial charge in [-0.3, -0.25) is 9.69 Å². The number of carbonyl (C=O) groups excluding carboxylic acids is 1. The van der Waals surface area contributed by atoms with Gasteiger partial charge in [-0.25, -0.2) is 0 Å². The second kappa shape index (κ2) is 7.07. The molecule has 0 amide bonds. The van der Waals surface area contributed by atoms with E-state index in [1.807, 2.05) is 5.38 Å². The van der Waals surface area contributed by atoms with Crippen molar-refractivity contribution in [1.29, 1.82) is 0 Å². The van der Waals surface area contributed by atoms with Gasteiger partial charge in [-0.2, -0.15) is 24.5 Å². The van der Waals surface area contributed by atoms with Gasteiger partial charge in [0.1, 0.15) is 0 Å². The first-order valence-electron chi connectivity index (χ1n) is 7.88. The number of piperidine rings is 1. The molecule has 0 saturated carbocycles. The molecule has 1 aromatic heterocycles. The second-order valence-corrected chi connectivity index (χ2v) is 6.93. The van der Waals surface area contributed by atoms with Crippen molar-refractivity contribution in [3.63, 3.8) is 0 Å². The van der Waals surface area contributed by atoms with Gasteiger partial charge in [-0.15, -0.1) is 0 Å². The van der Waals surface area contributed by atoms with E-state index >= 15 is 0 Å². The normalized spacial score (nSPS) is 19.4. The highest BCUT2D eigenvalue weighted by Gasteiger charge is 2.31. The molecule has 1 aliphatic heterocycles. The average molecular weight is 353 g/mol. The van der Waals surface area contributed by atoms with Crippen molar-refractivity contribution < 1.29 is 18.0 Å². The number of Topliss-reactive ketones (excluding diaryl/α,β-unsaturated/α-hetero) is 1. The molecule has 24 heavy (non-hydrogen) atoms. The quantitative estimate of drug-likeness (QED) is 0.732. The number of likely N-dealkylation sites (tertiary alicyclic amines) is 1. The average Bonchev–Trinajstić information content (AvgIpc) is 3.07. The molecule has 2 nitrogen and oxygen atoms in total. The highest BCUT2D eigenvalue weighted by molar-refractivity contribution is 7.07. The highest BCUT2D eigenvalue weighted by Crippen LogP contribution is 2.30. The first-order chi connectivity index (χ1) is 11.4. The van der Waals surface area contributed by atoms with Crippen LogP contribution in [0, 0.1) is 5.92 Å². The molecular weight excluding hydrogens is 335 g/mol. The largest absolute Gasteiger partial charge is 0.416 e. The predicted molar refractivity (Wildman–Crippen MR) is 88.1 cm³/mol. The number of benzene rings is 1. The lowest BCUT2D eigenvalue weighted by molar-refractivity contribution is -0.137. The van der Waals surface area contributed by atoms with Crippen molar-refractivity contribution in [3.8, 4) is 0 Å². The van der Waals surface area contributed by atoms with E-state index in [9.17, 15) is 18.0 Å². The number of rotatable bonds is 4. The molecule has 1 saturated heterocycles. The third kappa shape index (κ3) is 4.05. The third-order valence-electron chi connectivity index (χ3n) is 4.36. The summed E-state index contributed by atoms with van der Waals surface area (Å²) in [5, 5.41) is 4.13. The molecule has 0 spiro atoms. The van der Waals surface area contributed by atoms with Gasteiger partial charge in [-0.05, 0) is 53.9 Å².